The molecule has 2 heterocycles. The first-order chi connectivity index (χ1) is 10.2. The molecule has 1 aliphatic rings. The van der Waals surface area contributed by atoms with Gasteiger partial charge in [0.25, 0.3) is 0 Å². The third-order valence-corrected chi connectivity index (χ3v) is 3.76. The Bertz CT molecular complexity index is 449. The standard InChI is InChI=1S/C14H26N6O/c1-5-20(11(2)10-21-4)14-17-12(15-3)16-13(18-14)19-8-6-7-9-19/h11H,5-10H2,1-4H3,(H,15,16,17,18). The Kier molecular flexibility index (Phi) is 5.55. The first kappa shape index (κ1) is 15.8. The monoisotopic (exact) mass is 294 g/mol. The molecule has 0 bridgehead atoms. The average Bonchev–Trinajstić information content (AvgIpc) is 3.02. The van der Waals surface area contributed by atoms with Crippen LogP contribution >= 0.6 is 0 Å². The summed E-state index contributed by atoms with van der Waals surface area (Å²) in [5.74, 6) is 2.10. The van der Waals surface area contributed by atoms with Gasteiger partial charge in [0.1, 0.15) is 0 Å². The summed E-state index contributed by atoms with van der Waals surface area (Å²) in [6, 6.07) is 0.221. The van der Waals surface area contributed by atoms with E-state index in [9.17, 15) is 0 Å². The van der Waals surface area contributed by atoms with Gasteiger partial charge in [0.15, 0.2) is 0 Å². The Hall–Kier alpha value is -1.63. The molecular formula is C14H26N6O. The van der Waals surface area contributed by atoms with Gasteiger partial charge in [-0.15, -0.1) is 0 Å². The average molecular weight is 294 g/mol. The summed E-state index contributed by atoms with van der Waals surface area (Å²) in [4.78, 5) is 18.0. The fourth-order valence-corrected chi connectivity index (χ4v) is 2.63. The van der Waals surface area contributed by atoms with Crippen LogP contribution in [-0.4, -0.2) is 61.4 Å². The summed E-state index contributed by atoms with van der Waals surface area (Å²) in [5.41, 5.74) is 0. The highest BCUT2D eigenvalue weighted by molar-refractivity contribution is 5.46. The fraction of sp³-hybridized carbons (Fsp3) is 0.786. The van der Waals surface area contributed by atoms with Crippen molar-refractivity contribution in [2.45, 2.75) is 32.7 Å². The van der Waals surface area contributed by atoms with Crippen molar-refractivity contribution in [3.8, 4) is 0 Å². The van der Waals surface area contributed by atoms with Crippen molar-refractivity contribution < 1.29 is 4.74 Å². The molecule has 21 heavy (non-hydrogen) atoms. The molecule has 1 atom stereocenters. The van der Waals surface area contributed by atoms with Crippen molar-refractivity contribution in [2.75, 3.05) is 55.5 Å². The van der Waals surface area contributed by atoms with Crippen LogP contribution in [0.1, 0.15) is 26.7 Å². The van der Waals surface area contributed by atoms with E-state index in [4.69, 9.17) is 4.74 Å². The number of aromatic nitrogens is 3. The van der Waals surface area contributed by atoms with Gasteiger partial charge in [-0.2, -0.15) is 15.0 Å². The molecule has 1 aromatic heterocycles. The summed E-state index contributed by atoms with van der Waals surface area (Å²) < 4.78 is 5.26. The summed E-state index contributed by atoms with van der Waals surface area (Å²) in [6.07, 6.45) is 2.40. The van der Waals surface area contributed by atoms with E-state index in [1.54, 1.807) is 7.11 Å². The van der Waals surface area contributed by atoms with Gasteiger partial charge in [-0.3, -0.25) is 0 Å². The van der Waals surface area contributed by atoms with Gasteiger partial charge in [0.05, 0.1) is 12.6 Å². The first-order valence-corrected chi connectivity index (χ1v) is 7.64. The highest BCUT2D eigenvalue weighted by Gasteiger charge is 2.21. The molecule has 1 fully saturated rings. The molecule has 1 aliphatic heterocycles. The van der Waals surface area contributed by atoms with E-state index in [0.29, 0.717) is 18.5 Å². The second kappa shape index (κ2) is 7.40. The maximum Gasteiger partial charge on any atom is 0.232 e. The zero-order valence-corrected chi connectivity index (χ0v) is 13.5. The SMILES string of the molecule is CCN(c1nc(NC)nc(N2CCCC2)n1)C(C)COC. The molecule has 0 radical (unpaired) electrons. The second-order valence-corrected chi connectivity index (χ2v) is 5.29. The maximum atomic E-state index is 5.26. The molecule has 0 spiro atoms. The molecule has 1 unspecified atom stereocenters. The molecule has 7 nitrogen and oxygen atoms in total. The highest BCUT2D eigenvalue weighted by atomic mass is 16.5. The number of rotatable bonds is 7. The van der Waals surface area contributed by atoms with Crippen molar-refractivity contribution in [3.05, 3.63) is 0 Å². The molecule has 0 saturated carbocycles. The van der Waals surface area contributed by atoms with E-state index in [2.05, 4.69) is 43.9 Å². The molecule has 2 rings (SSSR count). The van der Waals surface area contributed by atoms with Gasteiger partial charge in [0, 0.05) is 33.8 Å². The van der Waals surface area contributed by atoms with Crippen LogP contribution in [0.5, 0.6) is 0 Å². The van der Waals surface area contributed by atoms with E-state index >= 15 is 0 Å². The molecule has 118 valence electrons. The minimum absolute atomic E-state index is 0.221. The number of ether oxygens (including phenoxy) is 1. The lowest BCUT2D eigenvalue weighted by atomic mass is 10.3. The maximum absolute atomic E-state index is 5.26. The van der Waals surface area contributed by atoms with Gasteiger partial charge in [-0.05, 0) is 26.7 Å². The number of hydrogen-bond donors (Lipinski definition) is 1. The Morgan fingerprint density at radius 2 is 2.00 bits per heavy atom. The van der Waals surface area contributed by atoms with Crippen molar-refractivity contribution in [3.63, 3.8) is 0 Å². The molecule has 0 aliphatic carbocycles. The Morgan fingerprint density at radius 1 is 1.29 bits per heavy atom. The minimum atomic E-state index is 0.221. The lowest BCUT2D eigenvalue weighted by Gasteiger charge is -2.28. The van der Waals surface area contributed by atoms with Crippen LogP contribution in [0.15, 0.2) is 0 Å². The molecule has 7 heteroatoms. The van der Waals surface area contributed by atoms with Gasteiger partial charge in [0.2, 0.25) is 17.8 Å². The third kappa shape index (κ3) is 3.72. The zero-order valence-electron chi connectivity index (χ0n) is 13.5. The molecule has 0 amide bonds. The molecule has 1 N–H and O–H groups in total. The van der Waals surface area contributed by atoms with Crippen molar-refractivity contribution >= 4 is 17.8 Å². The minimum Gasteiger partial charge on any atom is -0.383 e. The van der Waals surface area contributed by atoms with Crippen LogP contribution in [0.3, 0.4) is 0 Å². The van der Waals surface area contributed by atoms with Gasteiger partial charge < -0.3 is 19.9 Å². The summed E-state index contributed by atoms with van der Waals surface area (Å²) in [7, 11) is 3.55. The normalized spacial score (nSPS) is 16.1. The Labute approximate surface area is 126 Å². The van der Waals surface area contributed by atoms with Crippen molar-refractivity contribution in [2.24, 2.45) is 0 Å². The van der Waals surface area contributed by atoms with E-state index in [1.165, 1.54) is 12.8 Å². The fourth-order valence-electron chi connectivity index (χ4n) is 2.63. The molecule has 1 aromatic rings. The smallest absolute Gasteiger partial charge is 0.232 e. The largest absolute Gasteiger partial charge is 0.383 e. The predicted molar refractivity (Wildman–Crippen MR) is 85.2 cm³/mol. The Morgan fingerprint density at radius 3 is 2.57 bits per heavy atom. The third-order valence-electron chi connectivity index (χ3n) is 3.76. The van der Waals surface area contributed by atoms with E-state index < -0.39 is 0 Å². The first-order valence-electron chi connectivity index (χ1n) is 7.64. The number of anilines is 3. The quantitative estimate of drug-likeness (QED) is 0.814. The zero-order chi connectivity index (χ0) is 15.2. The van der Waals surface area contributed by atoms with Crippen LogP contribution in [0.25, 0.3) is 0 Å². The lowest BCUT2D eigenvalue weighted by Crippen LogP contribution is -2.38. The van der Waals surface area contributed by atoms with Gasteiger partial charge >= 0.3 is 0 Å². The topological polar surface area (TPSA) is 66.4 Å². The van der Waals surface area contributed by atoms with Gasteiger partial charge in [-0.25, -0.2) is 0 Å². The number of nitrogens with one attached hydrogen (secondary N) is 1. The second-order valence-electron chi connectivity index (χ2n) is 5.29. The molecular weight excluding hydrogens is 268 g/mol. The number of nitrogens with zero attached hydrogens (tertiary/aromatic N) is 5. The number of likely N-dealkylation sites (N-methyl/N-ethyl adjacent to an activating group) is 1. The Balaban J connectivity index is 2.29. The summed E-state index contributed by atoms with van der Waals surface area (Å²) in [6.45, 7) is 7.74. The van der Waals surface area contributed by atoms with Crippen molar-refractivity contribution in [1.82, 2.24) is 15.0 Å². The van der Waals surface area contributed by atoms with Crippen LogP contribution in [0.4, 0.5) is 17.8 Å². The lowest BCUT2D eigenvalue weighted by molar-refractivity contribution is 0.181. The molecule has 1 saturated heterocycles. The van der Waals surface area contributed by atoms with Crippen LogP contribution in [0, 0.1) is 0 Å². The van der Waals surface area contributed by atoms with Gasteiger partial charge in [-0.1, -0.05) is 0 Å². The van der Waals surface area contributed by atoms with Crippen LogP contribution in [-0.2, 0) is 4.74 Å². The van der Waals surface area contributed by atoms with Crippen LogP contribution < -0.4 is 15.1 Å². The molecule has 0 aromatic carbocycles. The highest BCUT2D eigenvalue weighted by Crippen LogP contribution is 2.21. The van der Waals surface area contributed by atoms with E-state index in [0.717, 1.165) is 25.6 Å². The summed E-state index contributed by atoms with van der Waals surface area (Å²) in [5, 5.41) is 3.03. The van der Waals surface area contributed by atoms with E-state index in [1.807, 2.05) is 7.05 Å². The van der Waals surface area contributed by atoms with Crippen LogP contribution in [0.2, 0.25) is 0 Å². The van der Waals surface area contributed by atoms with Crippen molar-refractivity contribution in [1.29, 1.82) is 0 Å². The predicted octanol–water partition coefficient (Wildman–Crippen LogP) is 1.37. The van der Waals surface area contributed by atoms with E-state index in [-0.39, 0.29) is 6.04 Å². The number of hydrogen-bond acceptors (Lipinski definition) is 7. The summed E-state index contributed by atoms with van der Waals surface area (Å²) >= 11 is 0. The number of methoxy groups -OCH3 is 1.